The van der Waals surface area contributed by atoms with Crippen LogP contribution in [-0.2, 0) is 0 Å². The molecule has 0 nitrogen and oxygen atoms in total. The molecule has 1 aromatic rings. The minimum Gasteiger partial charge on any atom is -0.0584 e. The van der Waals surface area contributed by atoms with Gasteiger partial charge in [-0.25, -0.2) is 0 Å². The first-order valence-corrected chi connectivity index (χ1v) is 5.66. The van der Waals surface area contributed by atoms with Crippen molar-refractivity contribution in [1.82, 2.24) is 0 Å². The van der Waals surface area contributed by atoms with E-state index in [1.807, 2.05) is 0 Å². The summed E-state index contributed by atoms with van der Waals surface area (Å²) < 4.78 is 0. The van der Waals surface area contributed by atoms with Crippen molar-refractivity contribution in [3.05, 3.63) is 33.7 Å². The monoisotopic (exact) mass is 200 g/mol. The van der Waals surface area contributed by atoms with Crippen molar-refractivity contribution in [2.24, 2.45) is 5.41 Å². The summed E-state index contributed by atoms with van der Waals surface area (Å²) in [6.07, 6.45) is 0. The number of fused-ring (bicyclic) bond motifs is 1. The molecule has 15 heavy (non-hydrogen) atoms. The molecule has 0 bridgehead atoms. The Morgan fingerprint density at radius 1 is 0.867 bits per heavy atom. The van der Waals surface area contributed by atoms with Crippen LogP contribution in [0.3, 0.4) is 0 Å². The van der Waals surface area contributed by atoms with E-state index in [1.54, 1.807) is 0 Å². The number of hydrogen-bond acceptors (Lipinski definition) is 0. The Morgan fingerprint density at radius 2 is 1.47 bits per heavy atom. The van der Waals surface area contributed by atoms with Crippen LogP contribution in [0, 0.1) is 19.3 Å². The predicted molar refractivity (Wildman–Crippen MR) is 67.1 cm³/mol. The number of hydrogen-bond donors (Lipinski definition) is 0. The number of benzene rings is 1. The van der Waals surface area contributed by atoms with Crippen LogP contribution in [0.15, 0.2) is 12.1 Å². The summed E-state index contributed by atoms with van der Waals surface area (Å²) in [7, 11) is 0. The quantitative estimate of drug-likeness (QED) is 0.604. The molecular weight excluding hydrogens is 180 g/mol. The fraction of sp³-hybridized carbons (Fsp3) is 0.467. The highest BCUT2D eigenvalue weighted by molar-refractivity contribution is 5.74. The Morgan fingerprint density at radius 3 is 2.07 bits per heavy atom. The third-order valence-electron chi connectivity index (χ3n) is 4.39. The summed E-state index contributed by atoms with van der Waals surface area (Å²) in [6, 6.07) is 4.53. The lowest BCUT2D eigenvalue weighted by Gasteiger charge is -2.23. The Balaban J connectivity index is 3.06. The van der Waals surface area contributed by atoms with Crippen LogP contribution in [0.2, 0.25) is 0 Å². The standard InChI is InChI=1S/C15H20/c1-9-7-8-13-11(3)15(5,6)12(4)14(13)10(9)2/h7-8H,1-6H3. The van der Waals surface area contributed by atoms with Gasteiger partial charge in [0.05, 0.1) is 0 Å². The molecule has 0 aliphatic heterocycles. The highest BCUT2D eigenvalue weighted by atomic mass is 14.3. The van der Waals surface area contributed by atoms with Crippen molar-refractivity contribution in [2.45, 2.75) is 41.5 Å². The van der Waals surface area contributed by atoms with Gasteiger partial charge < -0.3 is 0 Å². The molecule has 1 aromatic carbocycles. The van der Waals surface area contributed by atoms with Gasteiger partial charge in [-0.2, -0.15) is 0 Å². The topological polar surface area (TPSA) is 0 Å². The highest BCUT2D eigenvalue weighted by Gasteiger charge is 2.28. The number of rotatable bonds is 0. The van der Waals surface area contributed by atoms with E-state index in [-0.39, 0.29) is 5.41 Å². The second kappa shape index (κ2) is 2.98. The lowest BCUT2D eigenvalue weighted by atomic mass is 9.81. The van der Waals surface area contributed by atoms with Crippen LogP contribution < -0.4 is 10.4 Å². The maximum atomic E-state index is 2.33. The summed E-state index contributed by atoms with van der Waals surface area (Å²) in [4.78, 5) is 0. The minimum absolute atomic E-state index is 0.237. The molecule has 0 fully saturated rings. The summed E-state index contributed by atoms with van der Waals surface area (Å²) in [6.45, 7) is 13.6. The first kappa shape index (κ1) is 10.5. The van der Waals surface area contributed by atoms with Crippen molar-refractivity contribution in [3.63, 3.8) is 0 Å². The summed E-state index contributed by atoms with van der Waals surface area (Å²) in [5, 5.41) is 2.96. The first-order chi connectivity index (χ1) is 6.87. The van der Waals surface area contributed by atoms with Crippen molar-refractivity contribution >= 4 is 11.1 Å². The van der Waals surface area contributed by atoms with Gasteiger partial charge in [-0.15, -0.1) is 0 Å². The van der Waals surface area contributed by atoms with Gasteiger partial charge >= 0.3 is 0 Å². The van der Waals surface area contributed by atoms with Crippen LogP contribution in [-0.4, -0.2) is 0 Å². The molecule has 0 aromatic heterocycles. The van der Waals surface area contributed by atoms with E-state index in [0.29, 0.717) is 0 Å². The fourth-order valence-electron chi connectivity index (χ4n) is 2.54. The van der Waals surface area contributed by atoms with Crippen molar-refractivity contribution in [2.75, 3.05) is 0 Å². The van der Waals surface area contributed by atoms with Gasteiger partial charge in [-0.05, 0) is 49.3 Å². The summed E-state index contributed by atoms with van der Waals surface area (Å²) in [5.41, 5.74) is 6.13. The van der Waals surface area contributed by atoms with Crippen molar-refractivity contribution < 1.29 is 0 Å². The molecule has 0 saturated carbocycles. The Bertz CT molecular complexity index is 542. The molecule has 0 N–H and O–H groups in total. The fourth-order valence-corrected chi connectivity index (χ4v) is 2.54. The zero-order valence-electron chi connectivity index (χ0n) is 10.7. The van der Waals surface area contributed by atoms with Crippen LogP contribution in [0.4, 0.5) is 0 Å². The normalized spacial score (nSPS) is 18.3. The highest BCUT2D eigenvalue weighted by Crippen LogP contribution is 2.36. The largest absolute Gasteiger partial charge is 0.0584 e. The second-order valence-corrected chi connectivity index (χ2v) is 5.31. The zero-order valence-corrected chi connectivity index (χ0v) is 10.7. The van der Waals surface area contributed by atoms with E-state index in [0.717, 1.165) is 0 Å². The predicted octanol–water partition coefficient (Wildman–Crippen LogP) is 2.68. The molecule has 0 amide bonds. The zero-order chi connectivity index (χ0) is 11.4. The average molecular weight is 200 g/mol. The molecule has 0 atom stereocenters. The SMILES string of the molecule is CC1=c2ccc(C)c(C)c2=C(C)C1(C)C. The molecule has 0 spiro atoms. The number of aryl methyl sites for hydroxylation is 1. The van der Waals surface area contributed by atoms with Gasteiger partial charge in [0.2, 0.25) is 0 Å². The molecule has 1 aliphatic carbocycles. The Labute approximate surface area is 92.3 Å². The van der Waals surface area contributed by atoms with Crippen LogP contribution in [0.5, 0.6) is 0 Å². The molecule has 0 heterocycles. The van der Waals surface area contributed by atoms with Gasteiger partial charge in [-0.1, -0.05) is 37.1 Å². The average Bonchev–Trinajstić information content (AvgIpc) is 2.35. The van der Waals surface area contributed by atoms with E-state index in [9.17, 15) is 0 Å². The van der Waals surface area contributed by atoms with E-state index in [1.165, 1.54) is 32.7 Å². The third-order valence-corrected chi connectivity index (χ3v) is 4.39. The molecule has 80 valence electrons. The van der Waals surface area contributed by atoms with Crippen molar-refractivity contribution in [1.29, 1.82) is 0 Å². The third kappa shape index (κ3) is 1.20. The van der Waals surface area contributed by atoms with Crippen LogP contribution in [0.1, 0.15) is 38.8 Å². The molecule has 0 saturated heterocycles. The maximum Gasteiger partial charge on any atom is 0.00770 e. The maximum absolute atomic E-state index is 2.33. The van der Waals surface area contributed by atoms with Crippen molar-refractivity contribution in [3.8, 4) is 0 Å². The van der Waals surface area contributed by atoms with E-state index in [4.69, 9.17) is 0 Å². The van der Waals surface area contributed by atoms with Crippen LogP contribution in [0.25, 0.3) is 11.1 Å². The van der Waals surface area contributed by atoms with Gasteiger partial charge in [0.25, 0.3) is 0 Å². The van der Waals surface area contributed by atoms with E-state index < -0.39 is 0 Å². The van der Waals surface area contributed by atoms with Gasteiger partial charge in [-0.3, -0.25) is 0 Å². The molecule has 2 rings (SSSR count). The molecular formula is C15H20. The Kier molecular flexibility index (Phi) is 2.08. The molecule has 0 radical (unpaired) electrons. The summed E-state index contributed by atoms with van der Waals surface area (Å²) >= 11 is 0. The first-order valence-electron chi connectivity index (χ1n) is 5.66. The summed E-state index contributed by atoms with van der Waals surface area (Å²) in [5.74, 6) is 0. The lowest BCUT2D eigenvalue weighted by Crippen LogP contribution is -2.27. The van der Waals surface area contributed by atoms with E-state index in [2.05, 4.69) is 53.7 Å². The van der Waals surface area contributed by atoms with Gasteiger partial charge in [0.15, 0.2) is 0 Å². The van der Waals surface area contributed by atoms with Gasteiger partial charge in [0, 0.05) is 5.41 Å². The Hall–Kier alpha value is -1.04. The second-order valence-electron chi connectivity index (χ2n) is 5.31. The van der Waals surface area contributed by atoms with Crippen LogP contribution >= 0.6 is 0 Å². The minimum atomic E-state index is 0.237. The molecule has 0 unspecified atom stereocenters. The van der Waals surface area contributed by atoms with Gasteiger partial charge in [0.1, 0.15) is 0 Å². The molecule has 0 heteroatoms. The smallest absolute Gasteiger partial charge is 0.00770 e. The lowest BCUT2D eigenvalue weighted by molar-refractivity contribution is 0.664. The van der Waals surface area contributed by atoms with E-state index >= 15 is 0 Å². The molecule has 1 aliphatic rings.